The van der Waals surface area contributed by atoms with E-state index >= 15 is 0 Å². The molecule has 0 bridgehead atoms. The lowest BCUT2D eigenvalue weighted by Gasteiger charge is -2.24. The van der Waals surface area contributed by atoms with Crippen LogP contribution < -0.4 is 0 Å². The van der Waals surface area contributed by atoms with Gasteiger partial charge < -0.3 is 5.11 Å². The molecule has 1 N–H and O–H groups in total. The van der Waals surface area contributed by atoms with E-state index in [1.165, 1.54) is 11.3 Å². The summed E-state index contributed by atoms with van der Waals surface area (Å²) in [5, 5.41) is 19.5. The van der Waals surface area contributed by atoms with E-state index in [0.29, 0.717) is 4.88 Å². The van der Waals surface area contributed by atoms with Crippen LogP contribution in [0.3, 0.4) is 0 Å². The summed E-state index contributed by atoms with van der Waals surface area (Å²) in [6, 6.07) is 5.64. The highest BCUT2D eigenvalue weighted by Gasteiger charge is 2.48. The van der Waals surface area contributed by atoms with E-state index in [-0.39, 0.29) is 17.9 Å². The zero-order valence-electron chi connectivity index (χ0n) is 9.38. The Morgan fingerprint density at radius 3 is 2.71 bits per heavy atom. The van der Waals surface area contributed by atoms with Crippen molar-refractivity contribution in [2.24, 2.45) is 5.41 Å². The van der Waals surface area contributed by atoms with Gasteiger partial charge in [-0.1, -0.05) is 0 Å². The van der Waals surface area contributed by atoms with Crippen molar-refractivity contribution in [2.75, 3.05) is 11.5 Å². The molecule has 17 heavy (non-hydrogen) atoms. The van der Waals surface area contributed by atoms with Gasteiger partial charge in [0.1, 0.15) is 11.5 Å². The summed E-state index contributed by atoms with van der Waals surface area (Å²) < 4.78 is 23.0. The molecule has 0 amide bonds. The molecule has 92 valence electrons. The molecule has 0 aliphatic carbocycles. The van der Waals surface area contributed by atoms with Gasteiger partial charge in [-0.3, -0.25) is 0 Å². The summed E-state index contributed by atoms with van der Waals surface area (Å²) >= 11 is 1.40. The molecule has 2 heterocycles. The fraction of sp³-hybridized carbons (Fsp3) is 0.545. The molecule has 1 aromatic rings. The highest BCUT2D eigenvalue weighted by Crippen LogP contribution is 2.44. The maximum Gasteiger partial charge on any atom is 0.152 e. The van der Waals surface area contributed by atoms with Crippen LogP contribution in [0.1, 0.15) is 22.3 Å². The van der Waals surface area contributed by atoms with E-state index in [1.54, 1.807) is 6.07 Å². The Balaban J connectivity index is 2.35. The molecule has 1 aliphatic heterocycles. The van der Waals surface area contributed by atoms with Gasteiger partial charge in [0.25, 0.3) is 0 Å². The van der Waals surface area contributed by atoms with Crippen LogP contribution >= 0.6 is 11.3 Å². The summed E-state index contributed by atoms with van der Waals surface area (Å²) in [5.74, 6) is -0.253. The van der Waals surface area contributed by atoms with Crippen LogP contribution in [0.15, 0.2) is 12.1 Å². The normalized spacial score (nSPS) is 28.8. The molecular weight excluding hydrogens is 258 g/mol. The zero-order chi connectivity index (χ0) is 12.7. The molecular formula is C11H13NO3S2. The highest BCUT2D eigenvalue weighted by atomic mass is 32.2. The summed E-state index contributed by atoms with van der Waals surface area (Å²) in [4.78, 5) is 1.70. The number of nitrogens with zero attached hydrogens (tertiary/aromatic N) is 1. The van der Waals surface area contributed by atoms with E-state index in [1.807, 2.05) is 19.1 Å². The van der Waals surface area contributed by atoms with Gasteiger partial charge in [0.2, 0.25) is 0 Å². The van der Waals surface area contributed by atoms with E-state index in [2.05, 4.69) is 0 Å². The van der Waals surface area contributed by atoms with Crippen molar-refractivity contribution < 1.29 is 13.5 Å². The second-order valence-electron chi connectivity index (χ2n) is 4.46. The number of aliphatic hydroxyl groups is 1. The van der Waals surface area contributed by atoms with Crippen LogP contribution in [0.2, 0.25) is 0 Å². The quantitative estimate of drug-likeness (QED) is 0.882. The maximum atomic E-state index is 11.5. The van der Waals surface area contributed by atoms with E-state index in [4.69, 9.17) is 0 Å². The van der Waals surface area contributed by atoms with Crippen molar-refractivity contribution >= 4 is 21.2 Å². The topological polar surface area (TPSA) is 78.2 Å². The van der Waals surface area contributed by atoms with Gasteiger partial charge in [-0.2, -0.15) is 5.26 Å². The van der Waals surface area contributed by atoms with Crippen molar-refractivity contribution in [1.29, 1.82) is 5.26 Å². The summed E-state index contributed by atoms with van der Waals surface area (Å²) in [6.45, 7) is 1.91. The molecule has 2 unspecified atom stereocenters. The van der Waals surface area contributed by atoms with Crippen LogP contribution in [0.4, 0.5) is 0 Å². The van der Waals surface area contributed by atoms with Gasteiger partial charge in [0, 0.05) is 9.75 Å². The number of thiophene rings is 1. The minimum Gasteiger partial charge on any atom is -0.386 e. The molecule has 2 rings (SSSR count). The highest BCUT2D eigenvalue weighted by molar-refractivity contribution is 7.91. The zero-order valence-corrected chi connectivity index (χ0v) is 11.0. The minimum atomic E-state index is -3.19. The van der Waals surface area contributed by atoms with Gasteiger partial charge in [-0.05, 0) is 25.5 Å². The molecule has 1 fully saturated rings. The van der Waals surface area contributed by atoms with Crippen LogP contribution in [-0.4, -0.2) is 25.0 Å². The molecule has 0 saturated carbocycles. The van der Waals surface area contributed by atoms with E-state index in [9.17, 15) is 18.8 Å². The number of nitriles is 1. The molecule has 1 aromatic heterocycles. The number of sulfone groups is 1. The third-order valence-corrected chi connectivity index (χ3v) is 5.95. The Hall–Kier alpha value is -0.900. The Kier molecular flexibility index (Phi) is 3.02. The molecule has 6 heteroatoms. The van der Waals surface area contributed by atoms with Crippen LogP contribution in [-0.2, 0) is 9.84 Å². The Morgan fingerprint density at radius 1 is 1.59 bits per heavy atom. The Labute approximate surface area is 104 Å². The first kappa shape index (κ1) is 12.6. The second kappa shape index (κ2) is 4.09. The standard InChI is InChI=1S/C11H13NO3S2/c1-8-2-3-9(16-8)10(13)11(6-12)4-5-17(14,15)7-11/h2-3,10,13H,4-5,7H2,1H3. The van der Waals surface area contributed by atoms with Crippen molar-refractivity contribution in [3.8, 4) is 6.07 Å². The number of aliphatic hydroxyl groups excluding tert-OH is 1. The average Bonchev–Trinajstić information content (AvgIpc) is 2.82. The monoisotopic (exact) mass is 271 g/mol. The minimum absolute atomic E-state index is 0.0119. The van der Waals surface area contributed by atoms with Crippen LogP contribution in [0.25, 0.3) is 0 Å². The number of aryl methyl sites for hydroxylation is 1. The molecule has 0 radical (unpaired) electrons. The Bertz CT molecular complexity index is 570. The largest absolute Gasteiger partial charge is 0.386 e. The second-order valence-corrected chi connectivity index (χ2v) is 7.96. The molecule has 1 saturated heterocycles. The SMILES string of the molecule is Cc1ccc(C(O)C2(C#N)CCS(=O)(=O)C2)s1. The number of hydrogen-bond acceptors (Lipinski definition) is 5. The third-order valence-electron chi connectivity index (χ3n) is 3.11. The first-order chi connectivity index (χ1) is 7.88. The first-order valence-corrected chi connectivity index (χ1v) is 7.88. The van der Waals surface area contributed by atoms with Gasteiger partial charge in [-0.15, -0.1) is 11.3 Å². The van der Waals surface area contributed by atoms with Gasteiger partial charge in [-0.25, -0.2) is 8.42 Å². The van der Waals surface area contributed by atoms with Crippen molar-refractivity contribution in [1.82, 2.24) is 0 Å². The lowest BCUT2D eigenvalue weighted by Crippen LogP contribution is -2.28. The molecule has 2 atom stereocenters. The van der Waals surface area contributed by atoms with Crippen LogP contribution in [0.5, 0.6) is 0 Å². The molecule has 0 spiro atoms. The predicted octanol–water partition coefficient (Wildman–Crippen LogP) is 1.42. The lowest BCUT2D eigenvalue weighted by molar-refractivity contribution is 0.0826. The molecule has 1 aliphatic rings. The fourth-order valence-electron chi connectivity index (χ4n) is 2.11. The lowest BCUT2D eigenvalue weighted by atomic mass is 9.82. The number of rotatable bonds is 2. The van der Waals surface area contributed by atoms with Gasteiger partial charge in [0.05, 0.1) is 17.6 Å². The van der Waals surface area contributed by atoms with Crippen LogP contribution in [0, 0.1) is 23.7 Å². The van der Waals surface area contributed by atoms with Gasteiger partial charge in [0.15, 0.2) is 9.84 Å². The van der Waals surface area contributed by atoms with Crippen molar-refractivity contribution in [2.45, 2.75) is 19.4 Å². The Morgan fingerprint density at radius 2 is 2.29 bits per heavy atom. The van der Waals surface area contributed by atoms with Gasteiger partial charge >= 0.3 is 0 Å². The van der Waals surface area contributed by atoms with Crippen molar-refractivity contribution in [3.05, 3.63) is 21.9 Å². The van der Waals surface area contributed by atoms with E-state index < -0.39 is 21.4 Å². The average molecular weight is 271 g/mol. The maximum absolute atomic E-state index is 11.5. The summed E-state index contributed by atoms with van der Waals surface area (Å²) in [7, 11) is -3.19. The predicted molar refractivity (Wildman–Crippen MR) is 65.3 cm³/mol. The molecule has 4 nitrogen and oxygen atoms in total. The fourth-order valence-corrected chi connectivity index (χ4v) is 5.06. The summed E-state index contributed by atoms with van der Waals surface area (Å²) in [6.07, 6.45) is -0.798. The third kappa shape index (κ3) is 2.23. The first-order valence-electron chi connectivity index (χ1n) is 5.25. The smallest absolute Gasteiger partial charge is 0.152 e. The number of hydrogen-bond donors (Lipinski definition) is 1. The molecule has 0 aromatic carbocycles. The summed E-state index contributed by atoms with van der Waals surface area (Å²) in [5.41, 5.74) is -1.17. The van der Waals surface area contributed by atoms with E-state index in [0.717, 1.165) is 4.88 Å². The van der Waals surface area contributed by atoms with Crippen molar-refractivity contribution in [3.63, 3.8) is 0 Å².